The number of aromatic nitrogens is 3. The first-order valence-corrected chi connectivity index (χ1v) is 10.6. The number of aromatic amines is 1. The Morgan fingerprint density at radius 2 is 2.17 bits per heavy atom. The monoisotopic (exact) mass is 430 g/mol. The van der Waals surface area contributed by atoms with E-state index in [1.165, 1.54) is 0 Å². The number of thiophene rings is 1. The lowest BCUT2D eigenvalue weighted by Crippen LogP contribution is -2.37. The summed E-state index contributed by atoms with van der Waals surface area (Å²) in [5.74, 6) is 2.24. The van der Waals surface area contributed by atoms with Gasteiger partial charge in [-0.3, -0.25) is 14.5 Å². The molecule has 0 atom stereocenters. The Morgan fingerprint density at radius 3 is 2.97 bits per heavy atom. The van der Waals surface area contributed by atoms with Gasteiger partial charge in [0.15, 0.2) is 22.1 Å². The van der Waals surface area contributed by atoms with E-state index in [0.29, 0.717) is 24.3 Å². The maximum Gasteiger partial charge on any atom is 0.231 e. The van der Waals surface area contributed by atoms with Gasteiger partial charge in [0.05, 0.1) is 4.88 Å². The van der Waals surface area contributed by atoms with Gasteiger partial charge in [-0.1, -0.05) is 26.0 Å². The first-order chi connectivity index (χ1) is 13.9. The predicted octanol–water partition coefficient (Wildman–Crippen LogP) is 3.88. The fourth-order valence-electron chi connectivity index (χ4n) is 3.16. The number of benzene rings is 1. The van der Waals surface area contributed by atoms with Crippen LogP contribution in [0.5, 0.6) is 11.5 Å². The van der Waals surface area contributed by atoms with E-state index < -0.39 is 0 Å². The maximum atomic E-state index is 12.5. The zero-order chi connectivity index (χ0) is 20.4. The molecule has 3 aromatic rings. The number of fused-ring (bicyclic) bond motifs is 1. The molecule has 0 unspecified atom stereocenters. The van der Waals surface area contributed by atoms with Crippen LogP contribution in [0.4, 0.5) is 0 Å². The Bertz CT molecular complexity index is 1070. The molecule has 1 aliphatic heterocycles. The van der Waals surface area contributed by atoms with Crippen molar-refractivity contribution in [2.45, 2.75) is 32.2 Å². The van der Waals surface area contributed by atoms with E-state index in [1.54, 1.807) is 11.3 Å². The summed E-state index contributed by atoms with van der Waals surface area (Å²) in [6, 6.07) is 9.85. The molecule has 9 heteroatoms. The second kappa shape index (κ2) is 8.00. The van der Waals surface area contributed by atoms with Gasteiger partial charge in [-0.2, -0.15) is 5.10 Å². The van der Waals surface area contributed by atoms with Gasteiger partial charge in [-0.25, -0.2) is 0 Å². The molecule has 0 saturated heterocycles. The zero-order valence-corrected chi connectivity index (χ0v) is 17.9. The van der Waals surface area contributed by atoms with E-state index in [9.17, 15) is 4.79 Å². The highest BCUT2D eigenvalue weighted by atomic mass is 32.1. The number of H-pyrrole nitrogens is 1. The fraction of sp³-hybridized carbons (Fsp3) is 0.350. The molecule has 3 heterocycles. The predicted molar refractivity (Wildman–Crippen MR) is 114 cm³/mol. The second-order valence-electron chi connectivity index (χ2n) is 7.46. The highest BCUT2D eigenvalue weighted by Crippen LogP contribution is 2.36. The Balaban J connectivity index is 1.36. The standard InChI is InChI=1S/C20H22N4O3S2/c1-20(2,13-5-6-14-15(10-13)27-12-26-14)11-21-17(25)7-8-24-18(22-23-19(24)28)16-4-3-9-29-16/h3-6,9-10H,7-8,11-12H2,1-2H3,(H,21,25)(H,23,28). The maximum absolute atomic E-state index is 12.5. The van der Waals surface area contributed by atoms with Crippen molar-refractivity contribution < 1.29 is 14.3 Å². The molecule has 1 amide bonds. The third-order valence-corrected chi connectivity index (χ3v) is 6.12. The Labute approximate surface area is 177 Å². The van der Waals surface area contributed by atoms with Crippen LogP contribution in [-0.2, 0) is 16.8 Å². The molecule has 0 bridgehead atoms. The van der Waals surface area contributed by atoms with Crippen LogP contribution in [0.15, 0.2) is 35.7 Å². The van der Waals surface area contributed by atoms with Crippen molar-refractivity contribution in [1.29, 1.82) is 0 Å². The quantitative estimate of drug-likeness (QED) is 0.556. The van der Waals surface area contributed by atoms with E-state index in [-0.39, 0.29) is 18.1 Å². The molecule has 0 radical (unpaired) electrons. The highest BCUT2D eigenvalue weighted by Gasteiger charge is 2.24. The van der Waals surface area contributed by atoms with Crippen LogP contribution >= 0.6 is 23.6 Å². The summed E-state index contributed by atoms with van der Waals surface area (Å²) in [7, 11) is 0. The molecule has 2 aromatic heterocycles. The molecule has 4 rings (SSSR count). The molecule has 2 N–H and O–H groups in total. The molecule has 7 nitrogen and oxygen atoms in total. The van der Waals surface area contributed by atoms with Crippen LogP contribution in [0.2, 0.25) is 0 Å². The average molecular weight is 431 g/mol. The molecule has 0 aliphatic carbocycles. The SMILES string of the molecule is CC(C)(CNC(=O)CCn1c(-c2cccs2)n[nH]c1=S)c1ccc2c(c1)OCO2. The van der Waals surface area contributed by atoms with Gasteiger partial charge in [0.25, 0.3) is 0 Å². The number of carbonyl (C=O) groups is 1. The topological polar surface area (TPSA) is 81.2 Å². The van der Waals surface area contributed by atoms with Crippen molar-refractivity contribution in [2.24, 2.45) is 0 Å². The van der Waals surface area contributed by atoms with Gasteiger partial charge in [0.2, 0.25) is 12.7 Å². The van der Waals surface area contributed by atoms with Crippen molar-refractivity contribution in [3.63, 3.8) is 0 Å². The summed E-state index contributed by atoms with van der Waals surface area (Å²) < 4.78 is 13.2. The summed E-state index contributed by atoms with van der Waals surface area (Å²) in [6.45, 7) is 5.41. The number of ether oxygens (including phenoxy) is 2. The second-order valence-corrected chi connectivity index (χ2v) is 8.79. The normalized spacial score (nSPS) is 12.9. The number of rotatable bonds is 7. The minimum atomic E-state index is -0.245. The molecule has 0 saturated carbocycles. The summed E-state index contributed by atoms with van der Waals surface area (Å²) >= 11 is 6.91. The number of nitrogens with zero attached hydrogens (tertiary/aromatic N) is 2. The molecule has 1 aliphatic rings. The fourth-order valence-corrected chi connectivity index (χ4v) is 4.11. The third kappa shape index (κ3) is 4.20. The highest BCUT2D eigenvalue weighted by molar-refractivity contribution is 7.71. The molecule has 1 aromatic carbocycles. The van der Waals surface area contributed by atoms with Gasteiger partial charge in [-0.15, -0.1) is 11.3 Å². The number of hydrogen-bond donors (Lipinski definition) is 2. The van der Waals surface area contributed by atoms with Crippen molar-refractivity contribution in [2.75, 3.05) is 13.3 Å². The summed E-state index contributed by atoms with van der Waals surface area (Å²) in [4.78, 5) is 13.5. The molecule has 29 heavy (non-hydrogen) atoms. The van der Waals surface area contributed by atoms with Crippen LogP contribution in [0.25, 0.3) is 10.7 Å². The summed E-state index contributed by atoms with van der Waals surface area (Å²) in [5, 5.41) is 12.1. The van der Waals surface area contributed by atoms with Crippen LogP contribution in [0, 0.1) is 4.77 Å². The first kappa shape index (κ1) is 19.7. The Kier molecular flexibility index (Phi) is 5.42. The van der Waals surface area contributed by atoms with Gasteiger partial charge in [0, 0.05) is 24.9 Å². The van der Waals surface area contributed by atoms with Gasteiger partial charge in [0.1, 0.15) is 0 Å². The molecular formula is C20H22N4O3S2. The molecular weight excluding hydrogens is 408 g/mol. The van der Waals surface area contributed by atoms with Gasteiger partial charge >= 0.3 is 0 Å². The van der Waals surface area contributed by atoms with Crippen LogP contribution in [-0.4, -0.2) is 34.0 Å². The Hall–Kier alpha value is -2.65. The summed E-state index contributed by atoms with van der Waals surface area (Å²) in [5.41, 5.74) is 0.837. The van der Waals surface area contributed by atoms with Crippen molar-refractivity contribution in [3.05, 3.63) is 46.0 Å². The summed E-state index contributed by atoms with van der Waals surface area (Å²) in [6.07, 6.45) is 0.323. The smallest absolute Gasteiger partial charge is 0.231 e. The minimum absolute atomic E-state index is 0.0287. The van der Waals surface area contributed by atoms with E-state index in [2.05, 4.69) is 29.4 Å². The number of amides is 1. The first-order valence-electron chi connectivity index (χ1n) is 9.30. The van der Waals surface area contributed by atoms with Gasteiger partial charge < -0.3 is 14.8 Å². The third-order valence-electron chi connectivity index (χ3n) is 4.94. The lowest BCUT2D eigenvalue weighted by Gasteiger charge is -2.26. The zero-order valence-electron chi connectivity index (χ0n) is 16.2. The molecule has 152 valence electrons. The van der Waals surface area contributed by atoms with E-state index in [1.807, 2.05) is 40.3 Å². The van der Waals surface area contributed by atoms with Crippen LogP contribution < -0.4 is 14.8 Å². The van der Waals surface area contributed by atoms with Crippen molar-refractivity contribution >= 4 is 29.5 Å². The number of hydrogen-bond acceptors (Lipinski definition) is 6. The molecule has 0 spiro atoms. The van der Waals surface area contributed by atoms with E-state index in [0.717, 1.165) is 27.8 Å². The molecule has 0 fully saturated rings. The van der Waals surface area contributed by atoms with Gasteiger partial charge in [-0.05, 0) is 41.4 Å². The Morgan fingerprint density at radius 1 is 1.34 bits per heavy atom. The lowest BCUT2D eigenvalue weighted by atomic mass is 9.84. The van der Waals surface area contributed by atoms with E-state index in [4.69, 9.17) is 21.7 Å². The van der Waals surface area contributed by atoms with Crippen LogP contribution in [0.1, 0.15) is 25.8 Å². The minimum Gasteiger partial charge on any atom is -0.454 e. The lowest BCUT2D eigenvalue weighted by molar-refractivity contribution is -0.121. The number of nitrogens with one attached hydrogen (secondary N) is 2. The van der Waals surface area contributed by atoms with E-state index >= 15 is 0 Å². The largest absolute Gasteiger partial charge is 0.454 e. The van der Waals surface area contributed by atoms with Crippen molar-refractivity contribution in [1.82, 2.24) is 20.1 Å². The average Bonchev–Trinajstić information content (AvgIpc) is 3.45. The van der Waals surface area contributed by atoms with Crippen LogP contribution in [0.3, 0.4) is 0 Å². The van der Waals surface area contributed by atoms with Crippen molar-refractivity contribution in [3.8, 4) is 22.2 Å². The number of carbonyl (C=O) groups excluding carboxylic acids is 1.